The Bertz CT molecular complexity index is 549. The molecule has 1 aliphatic rings. The molecule has 1 heterocycles. The molecule has 1 aromatic carbocycles. The Morgan fingerprint density at radius 3 is 2.04 bits per heavy atom. The van der Waals surface area contributed by atoms with Crippen molar-refractivity contribution < 1.29 is 9.31 Å². The van der Waals surface area contributed by atoms with E-state index in [2.05, 4.69) is 68.3 Å². The molecule has 1 aliphatic heterocycles. The second-order valence-electron chi connectivity index (χ2n) is 7.32. The molecule has 1 N–H and O–H groups in total. The summed E-state index contributed by atoms with van der Waals surface area (Å²) in [6.07, 6.45) is 2.15. The number of likely N-dealkylation sites (N-methyl/N-ethyl adjacent to an activating group) is 1. The Hall–Kier alpha value is -1.30. The molecule has 0 spiro atoms. The molecule has 1 saturated heterocycles. The predicted molar refractivity (Wildman–Crippen MR) is 98.8 cm³/mol. The van der Waals surface area contributed by atoms with Crippen molar-refractivity contribution in [3.05, 3.63) is 35.3 Å². The summed E-state index contributed by atoms with van der Waals surface area (Å²) in [4.78, 5) is 2.09. The number of benzene rings is 1. The van der Waals surface area contributed by atoms with Crippen molar-refractivity contribution in [1.29, 1.82) is 0 Å². The molecular weight excluding hydrogens is 287 g/mol. The fourth-order valence-electron chi connectivity index (χ4n) is 2.48. The zero-order valence-electron chi connectivity index (χ0n) is 15.4. The van der Waals surface area contributed by atoms with Gasteiger partial charge in [-0.2, -0.15) is 0 Å². The average Bonchev–Trinajstić information content (AvgIpc) is 2.67. The largest absolute Gasteiger partial charge is 0.491 e. The quantitative estimate of drug-likeness (QED) is 0.847. The topological polar surface area (TPSA) is 33.7 Å². The van der Waals surface area contributed by atoms with Gasteiger partial charge in [-0.15, -0.1) is 0 Å². The van der Waals surface area contributed by atoms with Crippen LogP contribution in [0, 0.1) is 0 Å². The second kappa shape index (κ2) is 6.67. The van der Waals surface area contributed by atoms with Crippen LogP contribution in [-0.4, -0.2) is 46.0 Å². The Kier molecular flexibility index (Phi) is 5.24. The summed E-state index contributed by atoms with van der Waals surface area (Å²) < 4.78 is 12.3. The van der Waals surface area contributed by atoms with Crippen LogP contribution in [0.4, 0.5) is 5.69 Å². The van der Waals surface area contributed by atoms with E-state index < -0.39 is 0 Å². The molecule has 1 aromatic rings. The minimum absolute atomic E-state index is 0.319. The molecule has 0 amide bonds. The highest BCUT2D eigenvalue weighted by molar-refractivity contribution is 6.55. The van der Waals surface area contributed by atoms with Crippen molar-refractivity contribution in [2.24, 2.45) is 0 Å². The Labute approximate surface area is 141 Å². The van der Waals surface area contributed by atoms with Crippen LogP contribution < -0.4 is 10.2 Å². The lowest BCUT2D eigenvalue weighted by molar-refractivity contribution is 0.00578. The van der Waals surface area contributed by atoms with Crippen LogP contribution in [0.15, 0.2) is 29.7 Å². The van der Waals surface area contributed by atoms with Gasteiger partial charge in [0.05, 0.1) is 11.2 Å². The lowest BCUT2D eigenvalue weighted by Gasteiger charge is -2.32. The highest BCUT2D eigenvalue weighted by Crippen LogP contribution is 2.38. The molecule has 0 atom stereocenters. The molecule has 0 radical (unpaired) electrons. The van der Waals surface area contributed by atoms with Crippen molar-refractivity contribution in [3.8, 4) is 0 Å². The lowest BCUT2D eigenvalue weighted by atomic mass is 9.77. The van der Waals surface area contributed by atoms with Crippen molar-refractivity contribution in [2.45, 2.75) is 38.9 Å². The molecule has 0 aliphatic carbocycles. The second-order valence-corrected chi connectivity index (χ2v) is 7.32. The summed E-state index contributed by atoms with van der Waals surface area (Å²) in [5.74, 6) is 0. The molecular formula is C18H29BN2O2. The summed E-state index contributed by atoms with van der Waals surface area (Å²) in [6.45, 7) is 9.05. The van der Waals surface area contributed by atoms with Crippen LogP contribution >= 0.6 is 0 Å². The summed E-state index contributed by atoms with van der Waals surface area (Å²) in [7, 11) is 5.71. The first kappa shape index (κ1) is 18.0. The van der Waals surface area contributed by atoms with Crippen LogP contribution in [0.3, 0.4) is 0 Å². The first-order valence-electron chi connectivity index (χ1n) is 8.14. The molecule has 0 aromatic heterocycles. The van der Waals surface area contributed by atoms with E-state index in [4.69, 9.17) is 9.31 Å². The van der Waals surface area contributed by atoms with E-state index in [9.17, 15) is 0 Å². The molecule has 4 nitrogen and oxygen atoms in total. The van der Waals surface area contributed by atoms with E-state index in [1.165, 1.54) is 5.69 Å². The van der Waals surface area contributed by atoms with E-state index >= 15 is 0 Å². The molecule has 1 fully saturated rings. The van der Waals surface area contributed by atoms with E-state index in [-0.39, 0.29) is 18.3 Å². The lowest BCUT2D eigenvalue weighted by Crippen LogP contribution is -2.41. The molecule has 126 valence electrons. The van der Waals surface area contributed by atoms with Crippen molar-refractivity contribution in [1.82, 2.24) is 5.32 Å². The third kappa shape index (κ3) is 3.97. The van der Waals surface area contributed by atoms with Gasteiger partial charge in [-0.25, -0.2) is 0 Å². The highest BCUT2D eigenvalue weighted by atomic mass is 16.7. The van der Waals surface area contributed by atoms with Crippen LogP contribution in [0.2, 0.25) is 0 Å². The van der Waals surface area contributed by atoms with Gasteiger partial charge in [-0.05, 0) is 57.9 Å². The summed E-state index contributed by atoms with van der Waals surface area (Å²) in [6, 6.07) is 8.48. The summed E-state index contributed by atoms with van der Waals surface area (Å²) in [5, 5.41) is 3.21. The SMILES string of the molecule is CNCC(=Cc1ccc(N(C)C)cc1)B1OC(C)(C)C(C)(C)O1. The van der Waals surface area contributed by atoms with E-state index in [0.717, 1.165) is 17.6 Å². The minimum Gasteiger partial charge on any atom is -0.400 e. The van der Waals surface area contributed by atoms with E-state index in [0.29, 0.717) is 0 Å². The smallest absolute Gasteiger partial charge is 0.400 e. The van der Waals surface area contributed by atoms with Gasteiger partial charge in [-0.1, -0.05) is 18.2 Å². The van der Waals surface area contributed by atoms with Crippen molar-refractivity contribution in [2.75, 3.05) is 32.6 Å². The normalized spacial score (nSPS) is 20.0. The number of nitrogens with one attached hydrogen (secondary N) is 1. The maximum Gasteiger partial charge on any atom is 0.491 e. The van der Waals surface area contributed by atoms with Gasteiger partial charge in [0.15, 0.2) is 0 Å². The Morgan fingerprint density at radius 2 is 1.61 bits per heavy atom. The third-order valence-electron chi connectivity index (χ3n) is 4.70. The zero-order chi connectivity index (χ0) is 17.3. The first-order chi connectivity index (χ1) is 10.7. The van der Waals surface area contributed by atoms with E-state index in [1.54, 1.807) is 0 Å². The monoisotopic (exact) mass is 316 g/mol. The maximum absolute atomic E-state index is 6.17. The van der Waals surface area contributed by atoms with Gasteiger partial charge < -0.3 is 19.5 Å². The molecule has 2 rings (SSSR count). The van der Waals surface area contributed by atoms with Crippen molar-refractivity contribution in [3.63, 3.8) is 0 Å². The molecule has 0 unspecified atom stereocenters. The van der Waals surface area contributed by atoms with Gasteiger partial charge in [0.2, 0.25) is 0 Å². The Morgan fingerprint density at radius 1 is 1.09 bits per heavy atom. The Balaban J connectivity index is 2.25. The number of anilines is 1. The van der Waals surface area contributed by atoms with Gasteiger partial charge in [0, 0.05) is 26.3 Å². The maximum atomic E-state index is 6.17. The minimum atomic E-state index is -0.320. The van der Waals surface area contributed by atoms with Crippen molar-refractivity contribution >= 4 is 18.9 Å². The third-order valence-corrected chi connectivity index (χ3v) is 4.70. The van der Waals surface area contributed by atoms with Gasteiger partial charge in [0.25, 0.3) is 0 Å². The molecule has 0 saturated carbocycles. The highest BCUT2D eigenvalue weighted by Gasteiger charge is 2.52. The van der Waals surface area contributed by atoms with Gasteiger partial charge in [-0.3, -0.25) is 0 Å². The van der Waals surface area contributed by atoms with Crippen LogP contribution in [-0.2, 0) is 9.31 Å². The molecule has 23 heavy (non-hydrogen) atoms. The average molecular weight is 316 g/mol. The zero-order valence-corrected chi connectivity index (χ0v) is 15.4. The van der Waals surface area contributed by atoms with Gasteiger partial charge in [0.1, 0.15) is 0 Å². The summed E-state index contributed by atoms with van der Waals surface area (Å²) in [5.41, 5.74) is 2.80. The standard InChI is InChI=1S/C18H29BN2O2/c1-17(2)18(3,4)23-19(22-17)15(13-20-5)12-14-8-10-16(11-9-14)21(6)7/h8-12,20H,13H2,1-7H3. The van der Waals surface area contributed by atoms with Gasteiger partial charge >= 0.3 is 7.12 Å². The molecule has 0 bridgehead atoms. The number of rotatable bonds is 5. The number of nitrogens with zero attached hydrogens (tertiary/aromatic N) is 1. The van der Waals surface area contributed by atoms with E-state index in [1.807, 2.05) is 21.1 Å². The summed E-state index contributed by atoms with van der Waals surface area (Å²) >= 11 is 0. The number of hydrogen-bond acceptors (Lipinski definition) is 4. The van der Waals surface area contributed by atoms with Crippen LogP contribution in [0.5, 0.6) is 0 Å². The first-order valence-corrected chi connectivity index (χ1v) is 8.14. The fourth-order valence-corrected chi connectivity index (χ4v) is 2.48. The number of hydrogen-bond donors (Lipinski definition) is 1. The van der Waals surface area contributed by atoms with Crippen LogP contribution in [0.1, 0.15) is 33.3 Å². The fraction of sp³-hybridized carbons (Fsp3) is 0.556. The molecule has 5 heteroatoms. The van der Waals surface area contributed by atoms with Crippen LogP contribution in [0.25, 0.3) is 6.08 Å². The predicted octanol–water partition coefficient (Wildman–Crippen LogP) is 2.99.